The van der Waals surface area contributed by atoms with Gasteiger partial charge in [-0.2, -0.15) is 5.26 Å². The Hall–Kier alpha value is -1.49. The Labute approximate surface area is 128 Å². The number of hydrogen-bond acceptors (Lipinski definition) is 4. The highest BCUT2D eigenvalue weighted by Crippen LogP contribution is 2.48. The second kappa shape index (κ2) is 5.61. The molecule has 22 heavy (non-hydrogen) atoms. The first kappa shape index (κ1) is 15.4. The van der Waals surface area contributed by atoms with Crippen LogP contribution in [0.3, 0.4) is 0 Å². The van der Waals surface area contributed by atoms with Crippen molar-refractivity contribution in [2.24, 2.45) is 17.8 Å². The van der Waals surface area contributed by atoms with Crippen LogP contribution in [-0.4, -0.2) is 26.2 Å². The predicted octanol–water partition coefficient (Wildman–Crippen LogP) is 1.38. The molecule has 0 aliphatic heterocycles. The number of aliphatic hydroxyl groups excluding tert-OH is 1. The fourth-order valence-electron chi connectivity index (χ4n) is 3.94. The van der Waals surface area contributed by atoms with Crippen molar-refractivity contribution in [3.05, 3.63) is 29.6 Å². The number of benzene rings is 1. The maximum atomic E-state index is 13.6. The van der Waals surface area contributed by atoms with Gasteiger partial charge in [0.15, 0.2) is 0 Å². The van der Waals surface area contributed by atoms with Crippen LogP contribution in [0.2, 0.25) is 0 Å². The second-order valence-electron chi connectivity index (χ2n) is 6.05. The van der Waals surface area contributed by atoms with E-state index in [0.717, 1.165) is 25.3 Å². The van der Waals surface area contributed by atoms with Gasteiger partial charge in [0.1, 0.15) is 22.3 Å². The molecule has 2 aliphatic rings. The van der Waals surface area contributed by atoms with E-state index in [9.17, 15) is 17.9 Å². The molecule has 0 saturated heterocycles. The molecule has 4 unspecified atom stereocenters. The number of nitrogens with zero attached hydrogens (tertiary/aromatic N) is 1. The van der Waals surface area contributed by atoms with Crippen LogP contribution in [0, 0.1) is 34.9 Å². The van der Waals surface area contributed by atoms with Crippen molar-refractivity contribution in [2.45, 2.75) is 30.2 Å². The number of halogens is 1. The van der Waals surface area contributed by atoms with Gasteiger partial charge >= 0.3 is 0 Å². The summed E-state index contributed by atoms with van der Waals surface area (Å²) >= 11 is 0. The highest BCUT2D eigenvalue weighted by Gasteiger charge is 2.48. The molecular formula is C15H17FN2O3S. The molecule has 2 saturated carbocycles. The predicted molar refractivity (Wildman–Crippen MR) is 76.6 cm³/mol. The SMILES string of the molecule is N#Cc1c(F)cccc1S(=O)(=O)NC1C2CCC(C2)C1CO. The lowest BCUT2D eigenvalue weighted by molar-refractivity contribution is 0.153. The van der Waals surface area contributed by atoms with Gasteiger partial charge in [0.2, 0.25) is 10.0 Å². The lowest BCUT2D eigenvalue weighted by Gasteiger charge is -2.30. The first-order chi connectivity index (χ1) is 10.5. The van der Waals surface area contributed by atoms with E-state index in [2.05, 4.69) is 4.72 Å². The van der Waals surface area contributed by atoms with E-state index in [1.54, 1.807) is 6.07 Å². The third-order valence-corrected chi connectivity index (χ3v) is 6.47. The zero-order chi connectivity index (χ0) is 15.9. The van der Waals surface area contributed by atoms with Crippen LogP contribution in [0.1, 0.15) is 24.8 Å². The van der Waals surface area contributed by atoms with Crippen molar-refractivity contribution in [1.82, 2.24) is 4.72 Å². The average Bonchev–Trinajstić information content (AvgIpc) is 3.07. The molecule has 0 heterocycles. The molecule has 4 atom stereocenters. The standard InChI is InChI=1S/C15H17FN2O3S/c16-13-2-1-3-14(11(13)7-17)22(20,21)18-15-10-5-4-9(6-10)12(15)8-19/h1-3,9-10,12,15,18-19H,4-6,8H2. The van der Waals surface area contributed by atoms with Crippen LogP contribution < -0.4 is 4.72 Å². The van der Waals surface area contributed by atoms with Crippen molar-refractivity contribution >= 4 is 10.0 Å². The lowest BCUT2D eigenvalue weighted by Crippen LogP contribution is -2.45. The minimum Gasteiger partial charge on any atom is -0.396 e. The van der Waals surface area contributed by atoms with Crippen LogP contribution in [0.4, 0.5) is 4.39 Å². The third kappa shape index (κ3) is 2.41. The van der Waals surface area contributed by atoms with Crippen LogP contribution in [-0.2, 0) is 10.0 Å². The first-order valence-electron chi connectivity index (χ1n) is 7.29. The summed E-state index contributed by atoms with van der Waals surface area (Å²) in [6.45, 7) is -0.0669. The van der Waals surface area contributed by atoms with E-state index in [-0.39, 0.29) is 29.4 Å². The number of hydrogen-bond donors (Lipinski definition) is 2. The maximum Gasteiger partial charge on any atom is 0.242 e. The molecule has 3 rings (SSSR count). The number of rotatable bonds is 4. The Bertz CT molecular complexity index is 729. The fraction of sp³-hybridized carbons (Fsp3) is 0.533. The van der Waals surface area contributed by atoms with Gasteiger partial charge in [0, 0.05) is 18.6 Å². The normalized spacial score (nSPS) is 30.4. The van der Waals surface area contributed by atoms with Crippen LogP contribution in [0.5, 0.6) is 0 Å². The summed E-state index contributed by atoms with van der Waals surface area (Å²) in [6, 6.07) is 4.83. The molecule has 7 heteroatoms. The molecule has 2 fully saturated rings. The first-order valence-corrected chi connectivity index (χ1v) is 8.78. The zero-order valence-electron chi connectivity index (χ0n) is 11.9. The topological polar surface area (TPSA) is 90.2 Å². The van der Waals surface area contributed by atoms with E-state index < -0.39 is 21.4 Å². The quantitative estimate of drug-likeness (QED) is 0.875. The van der Waals surface area contributed by atoms with E-state index in [1.165, 1.54) is 12.1 Å². The molecule has 2 N–H and O–H groups in total. The van der Waals surface area contributed by atoms with Crippen LogP contribution in [0.15, 0.2) is 23.1 Å². The minimum absolute atomic E-state index is 0.0669. The number of fused-ring (bicyclic) bond motifs is 2. The molecule has 1 aromatic carbocycles. The summed E-state index contributed by atoms with van der Waals surface area (Å²) in [4.78, 5) is -0.338. The number of sulfonamides is 1. The smallest absolute Gasteiger partial charge is 0.242 e. The Kier molecular flexibility index (Phi) is 3.93. The molecule has 5 nitrogen and oxygen atoms in total. The highest BCUT2D eigenvalue weighted by atomic mass is 32.2. The summed E-state index contributed by atoms with van der Waals surface area (Å²) in [5.74, 6) is -0.411. The van der Waals surface area contributed by atoms with Gasteiger partial charge in [-0.3, -0.25) is 0 Å². The highest BCUT2D eigenvalue weighted by molar-refractivity contribution is 7.89. The Morgan fingerprint density at radius 3 is 2.77 bits per heavy atom. The van der Waals surface area contributed by atoms with Gasteiger partial charge in [-0.05, 0) is 43.2 Å². The monoisotopic (exact) mass is 324 g/mol. The molecular weight excluding hydrogens is 307 g/mol. The molecule has 2 aliphatic carbocycles. The zero-order valence-corrected chi connectivity index (χ0v) is 12.7. The molecule has 0 amide bonds. The maximum absolute atomic E-state index is 13.6. The molecule has 0 radical (unpaired) electrons. The fourth-order valence-corrected chi connectivity index (χ4v) is 5.46. The number of nitrogens with one attached hydrogen (secondary N) is 1. The van der Waals surface area contributed by atoms with E-state index in [1.807, 2.05) is 0 Å². The van der Waals surface area contributed by atoms with Gasteiger partial charge in [-0.1, -0.05) is 6.07 Å². The lowest BCUT2D eigenvalue weighted by atomic mass is 9.86. The van der Waals surface area contributed by atoms with Crippen molar-refractivity contribution < 1.29 is 17.9 Å². The third-order valence-electron chi connectivity index (χ3n) is 4.97. The van der Waals surface area contributed by atoms with Crippen molar-refractivity contribution in [3.63, 3.8) is 0 Å². The molecule has 118 valence electrons. The van der Waals surface area contributed by atoms with Gasteiger partial charge in [-0.25, -0.2) is 17.5 Å². The molecule has 1 aromatic rings. The Morgan fingerprint density at radius 1 is 1.36 bits per heavy atom. The molecule has 0 aromatic heterocycles. The van der Waals surface area contributed by atoms with E-state index in [0.29, 0.717) is 5.92 Å². The summed E-state index contributed by atoms with van der Waals surface area (Å²) in [7, 11) is -4.00. The Morgan fingerprint density at radius 2 is 2.09 bits per heavy atom. The summed E-state index contributed by atoms with van der Waals surface area (Å²) in [5.41, 5.74) is -0.473. The van der Waals surface area contributed by atoms with Gasteiger partial charge in [-0.15, -0.1) is 0 Å². The number of nitriles is 1. The summed E-state index contributed by atoms with van der Waals surface area (Å²) in [5, 5.41) is 18.5. The second-order valence-corrected chi connectivity index (χ2v) is 7.73. The molecule has 2 bridgehead atoms. The summed E-state index contributed by atoms with van der Waals surface area (Å²) < 4.78 is 41.3. The minimum atomic E-state index is -4.00. The van der Waals surface area contributed by atoms with Crippen LogP contribution in [0.25, 0.3) is 0 Å². The summed E-state index contributed by atoms with van der Waals surface area (Å²) in [6.07, 6.45) is 2.85. The van der Waals surface area contributed by atoms with Crippen molar-refractivity contribution in [3.8, 4) is 6.07 Å². The largest absolute Gasteiger partial charge is 0.396 e. The molecule has 0 spiro atoms. The average molecular weight is 324 g/mol. The van der Waals surface area contributed by atoms with Crippen LogP contribution >= 0.6 is 0 Å². The van der Waals surface area contributed by atoms with Gasteiger partial charge in [0.25, 0.3) is 0 Å². The van der Waals surface area contributed by atoms with E-state index >= 15 is 0 Å². The van der Waals surface area contributed by atoms with Gasteiger partial charge < -0.3 is 5.11 Å². The van der Waals surface area contributed by atoms with Crippen molar-refractivity contribution in [1.29, 1.82) is 5.26 Å². The van der Waals surface area contributed by atoms with E-state index in [4.69, 9.17) is 5.26 Å². The van der Waals surface area contributed by atoms with Gasteiger partial charge in [0.05, 0.1) is 0 Å². The number of aliphatic hydroxyl groups is 1. The van der Waals surface area contributed by atoms with Crippen molar-refractivity contribution in [2.75, 3.05) is 6.61 Å². The Balaban J connectivity index is 1.92.